The van der Waals surface area contributed by atoms with E-state index in [0.717, 1.165) is 5.56 Å². The molecule has 0 aliphatic carbocycles. The summed E-state index contributed by atoms with van der Waals surface area (Å²) in [6, 6.07) is 8.04. The van der Waals surface area contributed by atoms with Gasteiger partial charge in [0.25, 0.3) is 0 Å². The molecule has 1 atom stereocenters. The van der Waals surface area contributed by atoms with Crippen LogP contribution >= 0.6 is 0 Å². The summed E-state index contributed by atoms with van der Waals surface area (Å²) in [6.45, 7) is 8.00. The van der Waals surface area contributed by atoms with Crippen LogP contribution in [0.2, 0.25) is 0 Å². The van der Waals surface area contributed by atoms with Crippen LogP contribution in [0.15, 0.2) is 29.3 Å². The topological polar surface area (TPSA) is 33.6 Å². The molecule has 1 aliphatic heterocycles. The van der Waals surface area contributed by atoms with E-state index in [1.807, 2.05) is 52.0 Å². The minimum atomic E-state index is 0.0506. The monoisotopic (exact) mass is 206 g/mol. The predicted molar refractivity (Wildman–Crippen MR) is 62.7 cm³/mol. The fourth-order valence-electron chi connectivity index (χ4n) is 1.31. The van der Waals surface area contributed by atoms with E-state index in [1.54, 1.807) is 0 Å². The molecule has 15 heavy (non-hydrogen) atoms. The van der Waals surface area contributed by atoms with E-state index in [9.17, 15) is 0 Å². The summed E-state index contributed by atoms with van der Waals surface area (Å²) in [4.78, 5) is 9.53. The maximum absolute atomic E-state index is 5.23. The zero-order valence-electron chi connectivity index (χ0n) is 9.74. The lowest BCUT2D eigenvalue weighted by atomic mass is 10.1. The van der Waals surface area contributed by atoms with Crippen LogP contribution < -0.4 is 5.48 Å². The number of benzene rings is 1. The molecule has 1 N–H and O–H groups in total. The van der Waals surface area contributed by atoms with Crippen molar-refractivity contribution in [3.8, 4) is 0 Å². The van der Waals surface area contributed by atoms with Crippen molar-refractivity contribution in [1.82, 2.24) is 5.48 Å². The molecule has 0 bridgehead atoms. The number of nitrogens with one attached hydrogen (secondary N) is 1. The molecule has 3 heteroatoms. The maximum atomic E-state index is 5.23. The first-order chi connectivity index (χ1) is 7.27. The average molecular weight is 206 g/mol. The van der Waals surface area contributed by atoms with Gasteiger partial charge >= 0.3 is 0 Å². The van der Waals surface area contributed by atoms with E-state index in [4.69, 9.17) is 4.84 Å². The van der Waals surface area contributed by atoms with Gasteiger partial charge in [0.2, 0.25) is 5.90 Å². The quantitative estimate of drug-likeness (QED) is 0.766. The number of nitrogens with zero attached hydrogens (tertiary/aromatic N) is 1. The summed E-state index contributed by atoms with van der Waals surface area (Å²) in [7, 11) is 0. The smallest absolute Gasteiger partial charge is 0.242 e. The highest BCUT2D eigenvalue weighted by Crippen LogP contribution is 2.12. The Morgan fingerprint density at radius 2 is 1.93 bits per heavy atom. The fourth-order valence-corrected chi connectivity index (χ4v) is 1.31. The lowest BCUT2D eigenvalue weighted by Gasteiger charge is -2.03. The van der Waals surface area contributed by atoms with Gasteiger partial charge in [-0.1, -0.05) is 32.0 Å². The van der Waals surface area contributed by atoms with Gasteiger partial charge in [-0.2, -0.15) is 0 Å². The lowest BCUT2D eigenvalue weighted by Crippen LogP contribution is -2.17. The Labute approximate surface area is 91.1 Å². The molecule has 2 rings (SSSR count). The second kappa shape index (κ2) is 5.51. The first-order valence-corrected chi connectivity index (χ1v) is 5.33. The van der Waals surface area contributed by atoms with E-state index in [-0.39, 0.29) is 6.17 Å². The van der Waals surface area contributed by atoms with Crippen molar-refractivity contribution in [2.75, 3.05) is 0 Å². The molecule has 1 aromatic rings. The Morgan fingerprint density at radius 1 is 1.27 bits per heavy atom. The largest absolute Gasteiger partial charge is 0.386 e. The average Bonchev–Trinajstić information content (AvgIpc) is 2.68. The van der Waals surface area contributed by atoms with Gasteiger partial charge in [0, 0.05) is 5.56 Å². The number of hydroxylamine groups is 1. The molecule has 0 fully saturated rings. The zero-order valence-corrected chi connectivity index (χ0v) is 9.74. The van der Waals surface area contributed by atoms with Crippen LogP contribution in [0.25, 0.3) is 0 Å². The molecule has 1 heterocycles. The van der Waals surface area contributed by atoms with Crippen LogP contribution in [0.3, 0.4) is 0 Å². The van der Waals surface area contributed by atoms with Crippen LogP contribution in [0.4, 0.5) is 0 Å². The van der Waals surface area contributed by atoms with E-state index in [2.05, 4.69) is 10.5 Å². The molecule has 82 valence electrons. The van der Waals surface area contributed by atoms with Gasteiger partial charge in [-0.15, -0.1) is 5.48 Å². The first kappa shape index (κ1) is 11.7. The summed E-state index contributed by atoms with van der Waals surface area (Å²) in [5, 5.41) is 0. The number of hydrogen-bond donors (Lipinski definition) is 1. The Kier molecular flexibility index (Phi) is 4.31. The third kappa shape index (κ3) is 2.80. The zero-order chi connectivity index (χ0) is 11.3. The van der Waals surface area contributed by atoms with Crippen LogP contribution in [-0.2, 0) is 4.84 Å². The van der Waals surface area contributed by atoms with Crippen molar-refractivity contribution in [2.24, 2.45) is 4.99 Å². The van der Waals surface area contributed by atoms with Gasteiger partial charge in [0.05, 0.1) is 0 Å². The molecular weight excluding hydrogens is 188 g/mol. The van der Waals surface area contributed by atoms with E-state index >= 15 is 0 Å². The second-order valence-corrected chi connectivity index (χ2v) is 3.15. The molecule has 3 nitrogen and oxygen atoms in total. The van der Waals surface area contributed by atoms with E-state index in [1.165, 1.54) is 5.56 Å². The molecule has 1 aromatic carbocycles. The fraction of sp³-hybridized carbons (Fsp3) is 0.417. The number of rotatable bonds is 1. The minimum Gasteiger partial charge on any atom is -0.386 e. The Morgan fingerprint density at radius 3 is 2.47 bits per heavy atom. The molecule has 0 spiro atoms. The third-order valence-electron chi connectivity index (χ3n) is 2.01. The maximum Gasteiger partial charge on any atom is 0.242 e. The molecule has 1 aliphatic rings. The van der Waals surface area contributed by atoms with Crippen LogP contribution in [0, 0.1) is 6.92 Å². The van der Waals surface area contributed by atoms with E-state index in [0.29, 0.717) is 5.90 Å². The van der Waals surface area contributed by atoms with Gasteiger partial charge in [-0.05, 0) is 25.5 Å². The van der Waals surface area contributed by atoms with Crippen molar-refractivity contribution >= 4 is 5.90 Å². The molecule has 0 amide bonds. The highest BCUT2D eigenvalue weighted by atomic mass is 16.7. The lowest BCUT2D eigenvalue weighted by molar-refractivity contribution is 0.186. The Balaban J connectivity index is 0.000000531. The summed E-state index contributed by atoms with van der Waals surface area (Å²) in [5.41, 5.74) is 5.02. The van der Waals surface area contributed by atoms with Gasteiger partial charge in [0.1, 0.15) is 6.17 Å². The van der Waals surface area contributed by atoms with E-state index < -0.39 is 0 Å². The molecular formula is C12H18N2O. The minimum absolute atomic E-state index is 0.0506. The van der Waals surface area contributed by atoms with Gasteiger partial charge in [-0.3, -0.25) is 0 Å². The van der Waals surface area contributed by atoms with Crippen LogP contribution in [0.1, 0.15) is 31.9 Å². The highest BCUT2D eigenvalue weighted by Gasteiger charge is 2.16. The normalized spacial score (nSPS) is 18.7. The highest BCUT2D eigenvalue weighted by molar-refractivity contribution is 5.96. The van der Waals surface area contributed by atoms with Crippen molar-refractivity contribution in [2.45, 2.75) is 33.9 Å². The standard InChI is InChI=1S/C10H12N2O.C2H6/c1-7-5-3-4-6-9(7)10-11-8(2)12-13-10;1-2/h3-6,8,12H,1-2H3;1-2H3. The predicted octanol–water partition coefficient (Wildman–Crippen LogP) is 2.65. The number of aryl methyl sites for hydroxylation is 1. The van der Waals surface area contributed by atoms with Crippen LogP contribution in [-0.4, -0.2) is 12.1 Å². The molecule has 1 unspecified atom stereocenters. The summed E-state index contributed by atoms with van der Waals surface area (Å²) >= 11 is 0. The molecule has 0 saturated carbocycles. The van der Waals surface area contributed by atoms with Crippen molar-refractivity contribution in [3.63, 3.8) is 0 Å². The van der Waals surface area contributed by atoms with Crippen molar-refractivity contribution in [1.29, 1.82) is 0 Å². The SMILES string of the molecule is CC.Cc1ccccc1C1=NC(C)NO1. The molecule has 0 radical (unpaired) electrons. The summed E-state index contributed by atoms with van der Waals surface area (Å²) in [5.74, 6) is 0.686. The first-order valence-electron chi connectivity index (χ1n) is 5.33. The van der Waals surface area contributed by atoms with Crippen molar-refractivity contribution in [3.05, 3.63) is 35.4 Å². The number of aliphatic imine (C=N–C) groups is 1. The molecule has 0 aromatic heterocycles. The summed E-state index contributed by atoms with van der Waals surface area (Å²) in [6.07, 6.45) is 0.0506. The second-order valence-electron chi connectivity index (χ2n) is 3.15. The number of hydrogen-bond acceptors (Lipinski definition) is 3. The Bertz CT molecular complexity index is 347. The van der Waals surface area contributed by atoms with Crippen molar-refractivity contribution < 1.29 is 4.84 Å². The van der Waals surface area contributed by atoms with Gasteiger partial charge in [0.15, 0.2) is 0 Å². The van der Waals surface area contributed by atoms with Gasteiger partial charge < -0.3 is 4.84 Å². The van der Waals surface area contributed by atoms with Gasteiger partial charge in [-0.25, -0.2) is 4.99 Å². The Hall–Kier alpha value is -1.35. The summed E-state index contributed by atoms with van der Waals surface area (Å²) < 4.78 is 0. The molecule has 0 saturated heterocycles. The third-order valence-corrected chi connectivity index (χ3v) is 2.01. The van der Waals surface area contributed by atoms with Crippen LogP contribution in [0.5, 0.6) is 0 Å².